The van der Waals surface area contributed by atoms with Gasteiger partial charge in [0, 0.05) is 17.0 Å². The Morgan fingerprint density at radius 2 is 1.75 bits per heavy atom. The van der Waals surface area contributed by atoms with Gasteiger partial charge in [-0.25, -0.2) is 0 Å². The van der Waals surface area contributed by atoms with E-state index >= 15 is 0 Å². The quantitative estimate of drug-likeness (QED) is 0.283. The van der Waals surface area contributed by atoms with Crippen molar-refractivity contribution in [3.63, 3.8) is 0 Å². The summed E-state index contributed by atoms with van der Waals surface area (Å²) in [6, 6.07) is 20.2. The normalized spacial score (nSPS) is 12.3. The molecular formula is C32H37ClLiNO4S. The summed E-state index contributed by atoms with van der Waals surface area (Å²) in [5.41, 5.74) is 5.09. The van der Waals surface area contributed by atoms with E-state index in [4.69, 9.17) is 16.3 Å². The third-order valence-corrected chi connectivity index (χ3v) is 7.75. The van der Waals surface area contributed by atoms with Crippen LogP contribution < -0.4 is 29.3 Å². The van der Waals surface area contributed by atoms with Crippen molar-refractivity contribution in [3.05, 3.63) is 94.0 Å². The third kappa shape index (κ3) is 10.0. The maximum absolute atomic E-state index is 13.3. The summed E-state index contributed by atoms with van der Waals surface area (Å²) < 4.78 is 6.40. The minimum Gasteiger partial charge on any atom is -0.548 e. The maximum Gasteiger partial charge on any atom is 1.00 e. The Morgan fingerprint density at radius 3 is 2.42 bits per heavy atom. The van der Waals surface area contributed by atoms with Crippen LogP contribution in [-0.4, -0.2) is 36.0 Å². The number of thioether (sulfide) groups is 1. The van der Waals surface area contributed by atoms with Crippen molar-refractivity contribution >= 4 is 35.2 Å². The molecule has 0 fully saturated rings. The van der Waals surface area contributed by atoms with Crippen molar-refractivity contribution in [2.24, 2.45) is 0 Å². The van der Waals surface area contributed by atoms with E-state index in [0.29, 0.717) is 24.3 Å². The molecule has 0 bridgehead atoms. The summed E-state index contributed by atoms with van der Waals surface area (Å²) in [4.78, 5) is 25.0. The largest absolute Gasteiger partial charge is 1.00 e. The molecule has 0 saturated carbocycles. The van der Waals surface area contributed by atoms with Crippen molar-refractivity contribution < 1.29 is 38.3 Å². The van der Waals surface area contributed by atoms with E-state index in [1.54, 1.807) is 6.07 Å². The van der Waals surface area contributed by atoms with Gasteiger partial charge in [-0.2, -0.15) is 11.8 Å². The fraction of sp³-hybridized carbons (Fsp3) is 0.375. The van der Waals surface area contributed by atoms with Crippen LogP contribution >= 0.6 is 23.4 Å². The molecule has 0 aromatic heterocycles. The predicted octanol–water partition coefficient (Wildman–Crippen LogP) is 3.24. The number of hydrogen-bond donors (Lipinski definition) is 1. The zero-order valence-electron chi connectivity index (χ0n) is 23.9. The Labute approximate surface area is 259 Å². The summed E-state index contributed by atoms with van der Waals surface area (Å²) in [6.07, 6.45) is 5.98. The van der Waals surface area contributed by atoms with E-state index in [-0.39, 0.29) is 25.0 Å². The number of unbranched alkanes of at least 4 members (excludes halogenated alkanes) is 1. The smallest absolute Gasteiger partial charge is 0.548 e. The first-order chi connectivity index (χ1) is 18.8. The van der Waals surface area contributed by atoms with E-state index in [1.165, 1.54) is 11.8 Å². The standard InChI is InChI=1S/C32H38ClNO4S.Li/c1-4-5-12-25(20-24-11-7-9-14-29(24)33)38-21-23-15-16-27(28(19-23)26-13-8-6-10-22(26)2)31(35)34-30(32(36)37)17-18-39-3;/h6-11,13-16,19,25,30H,4-5,12,17-18,20-21H2,1-3H3,(H,34,35)(H,36,37);/q;+1/p-1/t25?,30-;/m0./s1. The number of nitrogens with one attached hydrogen (secondary N) is 1. The molecule has 5 nitrogen and oxygen atoms in total. The molecule has 1 amide bonds. The van der Waals surface area contributed by atoms with Crippen LogP contribution in [0.2, 0.25) is 5.02 Å². The fourth-order valence-corrected chi connectivity index (χ4v) is 5.18. The average Bonchev–Trinajstić information content (AvgIpc) is 2.93. The Balaban J connectivity index is 0.00000560. The van der Waals surface area contributed by atoms with Gasteiger partial charge in [0.2, 0.25) is 0 Å². The van der Waals surface area contributed by atoms with Crippen LogP contribution in [0.3, 0.4) is 0 Å². The molecule has 1 unspecified atom stereocenters. The van der Waals surface area contributed by atoms with Gasteiger partial charge in [0.25, 0.3) is 5.91 Å². The number of aryl methyl sites for hydroxylation is 1. The molecule has 0 aliphatic rings. The summed E-state index contributed by atoms with van der Waals surface area (Å²) >= 11 is 7.94. The number of halogens is 1. The van der Waals surface area contributed by atoms with Gasteiger partial charge >= 0.3 is 18.9 Å². The van der Waals surface area contributed by atoms with Gasteiger partial charge in [-0.3, -0.25) is 4.79 Å². The minimum atomic E-state index is -1.28. The van der Waals surface area contributed by atoms with Crippen LogP contribution in [0, 0.1) is 6.92 Å². The van der Waals surface area contributed by atoms with Crippen LogP contribution in [-0.2, 0) is 22.6 Å². The first-order valence-electron chi connectivity index (χ1n) is 13.4. The summed E-state index contributed by atoms with van der Waals surface area (Å²) in [5.74, 6) is -1.11. The molecule has 0 radical (unpaired) electrons. The fourth-order valence-electron chi connectivity index (χ4n) is 4.50. The van der Waals surface area contributed by atoms with Gasteiger partial charge in [0.1, 0.15) is 0 Å². The number of carbonyl (C=O) groups is 2. The molecule has 2 atom stereocenters. The molecule has 208 valence electrons. The van der Waals surface area contributed by atoms with Gasteiger partial charge < -0.3 is 20.0 Å². The van der Waals surface area contributed by atoms with Gasteiger partial charge in [0.05, 0.1) is 24.7 Å². The molecule has 3 rings (SSSR count). The van der Waals surface area contributed by atoms with E-state index < -0.39 is 17.9 Å². The van der Waals surface area contributed by atoms with Crippen molar-refractivity contribution in [3.8, 4) is 11.1 Å². The molecule has 40 heavy (non-hydrogen) atoms. The molecule has 0 saturated heterocycles. The van der Waals surface area contributed by atoms with E-state index in [1.807, 2.05) is 73.8 Å². The molecule has 0 heterocycles. The van der Waals surface area contributed by atoms with Crippen LogP contribution in [0.25, 0.3) is 11.1 Å². The number of carboxylic acids is 1. The summed E-state index contributed by atoms with van der Waals surface area (Å²) in [7, 11) is 0. The number of ether oxygens (including phenoxy) is 1. The number of rotatable bonds is 15. The molecule has 3 aromatic carbocycles. The van der Waals surface area contributed by atoms with E-state index in [0.717, 1.165) is 58.5 Å². The molecule has 0 aliphatic heterocycles. The van der Waals surface area contributed by atoms with Crippen molar-refractivity contribution in [2.45, 2.75) is 64.7 Å². The van der Waals surface area contributed by atoms with Gasteiger partial charge in [-0.05, 0) is 77.8 Å². The number of amides is 1. The monoisotopic (exact) mass is 573 g/mol. The van der Waals surface area contributed by atoms with E-state index in [9.17, 15) is 14.7 Å². The second kappa shape index (κ2) is 17.6. The van der Waals surface area contributed by atoms with Crippen LogP contribution in [0.1, 0.15) is 59.7 Å². The molecule has 0 spiro atoms. The average molecular weight is 574 g/mol. The van der Waals surface area contributed by atoms with Crippen molar-refractivity contribution in [1.82, 2.24) is 5.32 Å². The molecule has 8 heteroatoms. The van der Waals surface area contributed by atoms with Gasteiger partial charge in [0.15, 0.2) is 0 Å². The molecule has 1 N–H and O–H groups in total. The number of aliphatic carboxylic acids is 1. The maximum atomic E-state index is 13.3. The van der Waals surface area contributed by atoms with Gasteiger partial charge in [-0.1, -0.05) is 79.9 Å². The number of hydrogen-bond acceptors (Lipinski definition) is 5. The van der Waals surface area contributed by atoms with Crippen LogP contribution in [0.15, 0.2) is 66.7 Å². The molecule has 3 aromatic rings. The van der Waals surface area contributed by atoms with Crippen molar-refractivity contribution in [2.75, 3.05) is 12.0 Å². The molecular weight excluding hydrogens is 537 g/mol. The Bertz CT molecular complexity index is 1260. The summed E-state index contributed by atoms with van der Waals surface area (Å²) in [5, 5.41) is 15.1. The topological polar surface area (TPSA) is 78.5 Å². The van der Waals surface area contributed by atoms with Gasteiger partial charge in [-0.15, -0.1) is 0 Å². The first kappa shape index (κ1) is 34.0. The molecule has 0 aliphatic carbocycles. The first-order valence-corrected chi connectivity index (χ1v) is 15.2. The zero-order valence-corrected chi connectivity index (χ0v) is 25.4. The van der Waals surface area contributed by atoms with E-state index in [2.05, 4.69) is 12.2 Å². The second-order valence-electron chi connectivity index (χ2n) is 9.69. The number of carboxylic acid groups (broad SMARTS) is 1. The Kier molecular flexibility index (Phi) is 14.9. The van der Waals surface area contributed by atoms with Crippen LogP contribution in [0.5, 0.6) is 0 Å². The minimum absolute atomic E-state index is 0. The Hall–Kier alpha value is -2.20. The second-order valence-corrected chi connectivity index (χ2v) is 11.1. The number of benzene rings is 3. The number of carbonyl (C=O) groups excluding carboxylic acids is 2. The summed E-state index contributed by atoms with van der Waals surface area (Å²) in [6.45, 7) is 4.54. The van der Waals surface area contributed by atoms with Crippen LogP contribution in [0.4, 0.5) is 0 Å². The third-order valence-electron chi connectivity index (χ3n) is 6.74. The Morgan fingerprint density at radius 1 is 1.02 bits per heavy atom. The van der Waals surface area contributed by atoms with Crippen molar-refractivity contribution in [1.29, 1.82) is 0 Å². The predicted molar refractivity (Wildman–Crippen MR) is 159 cm³/mol. The SMILES string of the molecule is CCCCC(Cc1ccccc1Cl)OCc1ccc(C(=O)N[C@@H](CCSC)C(=O)[O-])c(-c2ccccc2C)c1.[Li+]. The zero-order chi connectivity index (χ0) is 28.2.